The van der Waals surface area contributed by atoms with Crippen molar-refractivity contribution in [1.82, 2.24) is 0 Å². The number of rotatable bonds is 3. The third-order valence-corrected chi connectivity index (χ3v) is 1.13. The van der Waals surface area contributed by atoms with Crippen LogP contribution in [0.5, 0.6) is 0 Å². The molecular weight excluding hydrogens is 129 g/mol. The summed E-state index contributed by atoms with van der Waals surface area (Å²) in [7, 11) is -0.221. The lowest BCUT2D eigenvalue weighted by molar-refractivity contribution is -0.137. The van der Waals surface area contributed by atoms with E-state index in [1.165, 1.54) is 0 Å². The lowest BCUT2D eigenvalue weighted by Crippen LogP contribution is -2.31. The van der Waals surface area contributed by atoms with Crippen LogP contribution in [0.25, 0.3) is 0 Å². The van der Waals surface area contributed by atoms with E-state index in [9.17, 15) is 9.36 Å². The molecule has 0 rings (SSSR count). The molecule has 4 nitrogen and oxygen atoms in total. The smallest absolute Gasteiger partial charge is 0.321 e. The second-order valence-corrected chi connectivity index (χ2v) is 1.88. The number of aliphatic carboxylic acids is 1. The molecule has 0 aliphatic rings. The summed E-state index contributed by atoms with van der Waals surface area (Å²) in [6.07, 6.45) is -0.0185. The Kier molecular flexibility index (Phi) is 3.31. The average molecular weight is 135 g/mol. The molecule has 0 aliphatic carbocycles. The third kappa shape index (κ3) is 2.66. The van der Waals surface area contributed by atoms with Crippen molar-refractivity contribution in [3.63, 3.8) is 0 Å². The van der Waals surface area contributed by atoms with Crippen molar-refractivity contribution in [3.8, 4) is 0 Å². The Hall–Kier alpha value is -0.470. The second kappa shape index (κ2) is 3.52. The first kappa shape index (κ1) is 7.53. The third-order valence-electron chi connectivity index (χ3n) is 0.588. The van der Waals surface area contributed by atoms with Crippen molar-refractivity contribution < 1.29 is 14.5 Å². The van der Waals surface area contributed by atoms with E-state index in [-0.39, 0.29) is 14.6 Å². The van der Waals surface area contributed by atoms with Crippen LogP contribution in [-0.2, 0) is 9.36 Å². The standard InChI is InChI=1S/C3H6NO3P/c4-2(1-8-7)3(5)6/h2H,1,4H2,(H,5,6). The number of nitrogens with two attached hydrogens (primary N) is 1. The Bertz CT molecular complexity index is 105. The molecule has 0 aromatic heterocycles. The van der Waals surface area contributed by atoms with Crippen LogP contribution in [0.2, 0.25) is 0 Å². The molecule has 8 heavy (non-hydrogen) atoms. The Morgan fingerprint density at radius 3 is 2.50 bits per heavy atom. The topological polar surface area (TPSA) is 80.4 Å². The molecule has 0 radical (unpaired) electrons. The molecule has 0 saturated carbocycles. The molecule has 0 aromatic carbocycles. The van der Waals surface area contributed by atoms with E-state index in [1.807, 2.05) is 0 Å². The van der Waals surface area contributed by atoms with Gasteiger partial charge in [0.1, 0.15) is 6.04 Å². The molecule has 3 N–H and O–H groups in total. The van der Waals surface area contributed by atoms with Crippen LogP contribution in [0, 0.1) is 0 Å². The van der Waals surface area contributed by atoms with Gasteiger partial charge in [-0.15, -0.1) is 0 Å². The minimum Gasteiger partial charge on any atom is -0.480 e. The van der Waals surface area contributed by atoms with Gasteiger partial charge in [-0.3, -0.25) is 9.36 Å². The lowest BCUT2D eigenvalue weighted by atomic mass is 10.4. The summed E-state index contributed by atoms with van der Waals surface area (Å²) in [5.41, 5.74) is 4.92. The first-order valence-electron chi connectivity index (χ1n) is 1.96. The van der Waals surface area contributed by atoms with Gasteiger partial charge in [-0.1, -0.05) is 0 Å². The fourth-order valence-corrected chi connectivity index (χ4v) is 0.475. The van der Waals surface area contributed by atoms with Crippen molar-refractivity contribution >= 4 is 14.4 Å². The Labute approximate surface area is 47.9 Å². The van der Waals surface area contributed by atoms with E-state index < -0.39 is 12.0 Å². The number of carboxylic acid groups (broad SMARTS) is 1. The van der Waals surface area contributed by atoms with Crippen LogP contribution in [0.1, 0.15) is 0 Å². The van der Waals surface area contributed by atoms with Crippen LogP contribution in [0.4, 0.5) is 0 Å². The predicted octanol–water partition coefficient (Wildman–Crippen LogP) is -0.310. The van der Waals surface area contributed by atoms with Crippen molar-refractivity contribution in [2.45, 2.75) is 6.04 Å². The second-order valence-electron chi connectivity index (χ2n) is 1.26. The summed E-state index contributed by atoms with van der Waals surface area (Å²) in [6.45, 7) is 0. The SMILES string of the molecule is NC(CP=O)C(=O)O. The highest BCUT2D eigenvalue weighted by atomic mass is 31.1. The van der Waals surface area contributed by atoms with Crippen LogP contribution in [0.3, 0.4) is 0 Å². The normalized spacial score (nSPS) is 13.6. The number of carboxylic acids is 1. The summed E-state index contributed by atoms with van der Waals surface area (Å²) < 4.78 is 9.67. The van der Waals surface area contributed by atoms with E-state index in [0.29, 0.717) is 0 Å². The van der Waals surface area contributed by atoms with E-state index in [1.54, 1.807) is 0 Å². The highest BCUT2D eigenvalue weighted by Gasteiger charge is 2.09. The van der Waals surface area contributed by atoms with Crippen molar-refractivity contribution in [3.05, 3.63) is 0 Å². The van der Waals surface area contributed by atoms with Gasteiger partial charge in [-0.2, -0.15) is 0 Å². The number of hydrogen-bond donors (Lipinski definition) is 2. The molecule has 0 spiro atoms. The maximum atomic E-state index is 9.82. The largest absolute Gasteiger partial charge is 0.480 e. The van der Waals surface area contributed by atoms with E-state index >= 15 is 0 Å². The first-order valence-corrected chi connectivity index (χ1v) is 2.95. The quantitative estimate of drug-likeness (QED) is 0.520. The zero-order valence-electron chi connectivity index (χ0n) is 4.07. The summed E-state index contributed by atoms with van der Waals surface area (Å²) in [5.74, 6) is -1.12. The highest BCUT2D eigenvalue weighted by Crippen LogP contribution is 1.92. The molecule has 0 saturated heterocycles. The predicted molar refractivity (Wildman–Crippen MR) is 28.1 cm³/mol. The summed E-state index contributed by atoms with van der Waals surface area (Å²) in [4.78, 5) is 9.82. The molecule has 0 aromatic rings. The number of carbonyl (C=O) groups is 1. The molecule has 1 unspecified atom stereocenters. The molecule has 1 atom stereocenters. The molecule has 5 heteroatoms. The average Bonchev–Trinajstić information content (AvgIpc) is 1.67. The molecule has 0 heterocycles. The summed E-state index contributed by atoms with van der Waals surface area (Å²) in [6, 6.07) is -0.992. The maximum Gasteiger partial charge on any atom is 0.321 e. The van der Waals surface area contributed by atoms with Crippen LogP contribution in [-0.4, -0.2) is 23.3 Å². The Morgan fingerprint density at radius 1 is 1.88 bits per heavy atom. The monoisotopic (exact) mass is 135 g/mol. The molecule has 0 amide bonds. The Morgan fingerprint density at radius 2 is 2.38 bits per heavy atom. The van der Waals surface area contributed by atoms with Gasteiger partial charge in [0.05, 0.1) is 6.16 Å². The van der Waals surface area contributed by atoms with Gasteiger partial charge < -0.3 is 10.8 Å². The number of hydrogen-bond acceptors (Lipinski definition) is 3. The van der Waals surface area contributed by atoms with Crippen molar-refractivity contribution in [1.29, 1.82) is 0 Å². The van der Waals surface area contributed by atoms with Crippen LogP contribution in [0.15, 0.2) is 0 Å². The highest BCUT2D eigenvalue weighted by molar-refractivity contribution is 7.23. The van der Waals surface area contributed by atoms with Crippen molar-refractivity contribution in [2.24, 2.45) is 5.73 Å². The molecule has 0 aliphatic heterocycles. The zero-order valence-corrected chi connectivity index (χ0v) is 4.97. The summed E-state index contributed by atoms with van der Waals surface area (Å²) >= 11 is 0. The molecule has 0 fully saturated rings. The van der Waals surface area contributed by atoms with Gasteiger partial charge in [0.15, 0.2) is 8.46 Å². The molecule has 46 valence electrons. The minimum atomic E-state index is -1.12. The van der Waals surface area contributed by atoms with Gasteiger partial charge in [0, 0.05) is 0 Å². The van der Waals surface area contributed by atoms with Gasteiger partial charge in [0.2, 0.25) is 0 Å². The van der Waals surface area contributed by atoms with Gasteiger partial charge in [-0.25, -0.2) is 0 Å². The van der Waals surface area contributed by atoms with E-state index in [0.717, 1.165) is 0 Å². The van der Waals surface area contributed by atoms with Crippen LogP contribution >= 0.6 is 8.46 Å². The minimum absolute atomic E-state index is 0.0185. The molecule has 0 bridgehead atoms. The maximum absolute atomic E-state index is 9.82. The van der Waals surface area contributed by atoms with Gasteiger partial charge in [0.25, 0.3) is 0 Å². The van der Waals surface area contributed by atoms with Crippen LogP contribution < -0.4 is 5.73 Å². The lowest BCUT2D eigenvalue weighted by Gasteiger charge is -1.95. The zero-order chi connectivity index (χ0) is 6.57. The first-order chi connectivity index (χ1) is 3.68. The van der Waals surface area contributed by atoms with Crippen molar-refractivity contribution in [2.75, 3.05) is 6.16 Å². The Balaban J connectivity index is 3.46. The van der Waals surface area contributed by atoms with Gasteiger partial charge >= 0.3 is 5.97 Å². The summed E-state index contributed by atoms with van der Waals surface area (Å²) in [5, 5.41) is 8.04. The fraction of sp³-hybridized carbons (Fsp3) is 0.667. The molecular formula is C3H6NO3P. The van der Waals surface area contributed by atoms with Gasteiger partial charge in [-0.05, 0) is 0 Å². The fourth-order valence-electron chi connectivity index (χ4n) is 0.158. The van der Waals surface area contributed by atoms with E-state index in [4.69, 9.17) is 10.8 Å². The van der Waals surface area contributed by atoms with E-state index in [2.05, 4.69) is 0 Å².